The summed E-state index contributed by atoms with van der Waals surface area (Å²) in [5.74, 6) is 0.947. The molecule has 0 heterocycles. The van der Waals surface area contributed by atoms with Crippen LogP contribution in [-0.4, -0.2) is 18.7 Å². The Labute approximate surface area is 122 Å². The maximum absolute atomic E-state index is 6.00. The summed E-state index contributed by atoms with van der Waals surface area (Å²) >= 11 is 0. The molecule has 0 fully saturated rings. The number of fused-ring (bicyclic) bond motifs is 1. The van der Waals surface area contributed by atoms with Gasteiger partial charge in [-0.15, -0.1) is 0 Å². The van der Waals surface area contributed by atoms with Crippen LogP contribution in [0.25, 0.3) is 10.8 Å². The van der Waals surface area contributed by atoms with Crippen molar-refractivity contribution < 1.29 is 4.74 Å². The molecule has 2 heteroatoms. The van der Waals surface area contributed by atoms with E-state index in [1.165, 1.54) is 23.6 Å². The van der Waals surface area contributed by atoms with E-state index in [1.807, 2.05) is 0 Å². The lowest BCUT2D eigenvalue weighted by Crippen LogP contribution is -2.36. The molecule has 0 aliphatic carbocycles. The molecule has 0 saturated heterocycles. The highest BCUT2D eigenvalue weighted by Gasteiger charge is 2.08. The minimum atomic E-state index is 0.178. The minimum absolute atomic E-state index is 0.178. The van der Waals surface area contributed by atoms with Crippen LogP contribution in [0.2, 0.25) is 0 Å². The summed E-state index contributed by atoms with van der Waals surface area (Å²) < 4.78 is 6.00. The fraction of sp³-hybridized carbons (Fsp3) is 0.444. The van der Waals surface area contributed by atoms with E-state index in [9.17, 15) is 0 Å². The first kappa shape index (κ1) is 14.9. The van der Waals surface area contributed by atoms with Gasteiger partial charge in [0.2, 0.25) is 0 Å². The molecule has 0 spiro atoms. The molecule has 0 saturated carbocycles. The number of hydrogen-bond donors (Lipinski definition) is 1. The number of rotatable bonds is 7. The third kappa shape index (κ3) is 3.97. The molecule has 2 aromatic rings. The molecule has 0 amide bonds. The number of benzene rings is 2. The molecule has 0 aliphatic heterocycles. The first-order chi connectivity index (χ1) is 9.72. The topological polar surface area (TPSA) is 21.3 Å². The Kier molecular flexibility index (Phi) is 5.42. The SMILES string of the molecule is CCC(CC)NCC(C)Oc1ccc2ccccc2c1. The largest absolute Gasteiger partial charge is 0.489 e. The van der Waals surface area contributed by atoms with Crippen LogP contribution in [0, 0.1) is 0 Å². The first-order valence-electron chi connectivity index (χ1n) is 7.61. The Hall–Kier alpha value is -1.54. The third-order valence-electron chi connectivity index (χ3n) is 3.74. The molecule has 2 rings (SSSR count). The molecule has 2 nitrogen and oxygen atoms in total. The average molecular weight is 271 g/mol. The predicted octanol–water partition coefficient (Wildman–Crippen LogP) is 4.39. The third-order valence-corrected chi connectivity index (χ3v) is 3.74. The molecule has 20 heavy (non-hydrogen) atoms. The minimum Gasteiger partial charge on any atom is -0.489 e. The monoisotopic (exact) mass is 271 g/mol. The second kappa shape index (κ2) is 7.30. The van der Waals surface area contributed by atoms with Crippen LogP contribution in [0.5, 0.6) is 5.75 Å². The zero-order chi connectivity index (χ0) is 14.4. The zero-order valence-electron chi connectivity index (χ0n) is 12.7. The van der Waals surface area contributed by atoms with Gasteiger partial charge in [-0.05, 0) is 42.7 Å². The quantitative estimate of drug-likeness (QED) is 0.806. The Balaban J connectivity index is 1.93. The molecule has 0 aromatic heterocycles. The molecule has 2 aromatic carbocycles. The standard InChI is InChI=1S/C18H25NO/c1-4-17(5-2)19-13-14(3)20-18-11-10-15-8-6-7-9-16(15)12-18/h6-12,14,17,19H,4-5,13H2,1-3H3. The second-order valence-corrected chi connectivity index (χ2v) is 5.36. The van der Waals surface area contributed by atoms with Gasteiger partial charge in [0.25, 0.3) is 0 Å². The maximum atomic E-state index is 6.00. The fourth-order valence-corrected chi connectivity index (χ4v) is 2.42. The normalized spacial score (nSPS) is 12.8. The Morgan fingerprint density at radius 2 is 1.70 bits per heavy atom. The number of hydrogen-bond acceptors (Lipinski definition) is 2. The molecule has 0 radical (unpaired) electrons. The Morgan fingerprint density at radius 3 is 2.40 bits per heavy atom. The average Bonchev–Trinajstić information content (AvgIpc) is 2.48. The van der Waals surface area contributed by atoms with Gasteiger partial charge in [-0.25, -0.2) is 0 Å². The highest BCUT2D eigenvalue weighted by molar-refractivity contribution is 5.83. The maximum Gasteiger partial charge on any atom is 0.120 e. The molecule has 1 unspecified atom stereocenters. The summed E-state index contributed by atoms with van der Waals surface area (Å²) in [5, 5.41) is 6.03. The van der Waals surface area contributed by atoms with Crippen molar-refractivity contribution in [3.8, 4) is 5.75 Å². The van der Waals surface area contributed by atoms with Crippen LogP contribution in [0.15, 0.2) is 42.5 Å². The lowest BCUT2D eigenvalue weighted by molar-refractivity contribution is 0.210. The molecule has 108 valence electrons. The van der Waals surface area contributed by atoms with Crippen LogP contribution < -0.4 is 10.1 Å². The molecule has 0 aliphatic rings. The second-order valence-electron chi connectivity index (χ2n) is 5.36. The van der Waals surface area contributed by atoms with Crippen LogP contribution in [0.1, 0.15) is 33.6 Å². The Bertz CT molecular complexity index is 534. The van der Waals surface area contributed by atoms with Crippen LogP contribution >= 0.6 is 0 Å². The van der Waals surface area contributed by atoms with Gasteiger partial charge >= 0.3 is 0 Å². The van der Waals surface area contributed by atoms with Crippen LogP contribution in [0.3, 0.4) is 0 Å². The molecular weight excluding hydrogens is 246 g/mol. The van der Waals surface area contributed by atoms with Gasteiger partial charge in [0.15, 0.2) is 0 Å². The van der Waals surface area contributed by atoms with Crippen molar-refractivity contribution in [2.75, 3.05) is 6.54 Å². The summed E-state index contributed by atoms with van der Waals surface area (Å²) in [5.41, 5.74) is 0. The van der Waals surface area contributed by atoms with Gasteiger partial charge in [-0.2, -0.15) is 0 Å². The number of nitrogens with one attached hydrogen (secondary N) is 1. The van der Waals surface area contributed by atoms with Crippen LogP contribution in [0.4, 0.5) is 0 Å². The molecule has 1 atom stereocenters. The van der Waals surface area contributed by atoms with Crippen molar-refractivity contribution in [1.29, 1.82) is 0 Å². The van der Waals surface area contributed by atoms with Gasteiger partial charge in [-0.3, -0.25) is 0 Å². The van der Waals surface area contributed by atoms with E-state index in [0.29, 0.717) is 6.04 Å². The highest BCUT2D eigenvalue weighted by atomic mass is 16.5. The summed E-state index contributed by atoms with van der Waals surface area (Å²) in [6.45, 7) is 7.44. The van der Waals surface area contributed by atoms with E-state index in [1.54, 1.807) is 0 Å². The van der Waals surface area contributed by atoms with Crippen molar-refractivity contribution in [1.82, 2.24) is 5.32 Å². The van der Waals surface area contributed by atoms with Gasteiger partial charge in [-0.1, -0.05) is 44.2 Å². The van der Waals surface area contributed by atoms with Gasteiger partial charge in [0.1, 0.15) is 11.9 Å². The van der Waals surface area contributed by atoms with E-state index >= 15 is 0 Å². The lowest BCUT2D eigenvalue weighted by Gasteiger charge is -2.20. The van der Waals surface area contributed by atoms with Crippen molar-refractivity contribution in [2.45, 2.75) is 45.8 Å². The smallest absolute Gasteiger partial charge is 0.120 e. The summed E-state index contributed by atoms with van der Waals surface area (Å²) in [6, 6.07) is 15.2. The van der Waals surface area contributed by atoms with E-state index in [4.69, 9.17) is 4.74 Å². The van der Waals surface area contributed by atoms with E-state index < -0.39 is 0 Å². The van der Waals surface area contributed by atoms with E-state index in [2.05, 4.69) is 68.6 Å². The Morgan fingerprint density at radius 1 is 1.00 bits per heavy atom. The van der Waals surface area contributed by atoms with Gasteiger partial charge < -0.3 is 10.1 Å². The van der Waals surface area contributed by atoms with Crippen molar-refractivity contribution in [2.24, 2.45) is 0 Å². The summed E-state index contributed by atoms with van der Waals surface area (Å²) in [4.78, 5) is 0. The van der Waals surface area contributed by atoms with Gasteiger partial charge in [0.05, 0.1) is 0 Å². The predicted molar refractivity (Wildman–Crippen MR) is 86.4 cm³/mol. The number of ether oxygens (including phenoxy) is 1. The lowest BCUT2D eigenvalue weighted by atomic mass is 10.1. The first-order valence-corrected chi connectivity index (χ1v) is 7.61. The molecule has 1 N–H and O–H groups in total. The van der Waals surface area contributed by atoms with E-state index in [-0.39, 0.29) is 6.10 Å². The molecular formula is C18H25NO. The zero-order valence-corrected chi connectivity index (χ0v) is 12.7. The van der Waals surface area contributed by atoms with Crippen molar-refractivity contribution in [3.05, 3.63) is 42.5 Å². The van der Waals surface area contributed by atoms with Crippen molar-refractivity contribution in [3.63, 3.8) is 0 Å². The molecule has 0 bridgehead atoms. The summed E-state index contributed by atoms with van der Waals surface area (Å²) in [7, 11) is 0. The fourth-order valence-electron chi connectivity index (χ4n) is 2.42. The highest BCUT2D eigenvalue weighted by Crippen LogP contribution is 2.21. The van der Waals surface area contributed by atoms with Crippen molar-refractivity contribution >= 4 is 10.8 Å². The van der Waals surface area contributed by atoms with Crippen LogP contribution in [-0.2, 0) is 0 Å². The van der Waals surface area contributed by atoms with E-state index in [0.717, 1.165) is 12.3 Å². The summed E-state index contributed by atoms with van der Waals surface area (Å²) in [6.07, 6.45) is 2.51. The van der Waals surface area contributed by atoms with Gasteiger partial charge in [0, 0.05) is 12.6 Å².